The molecule has 0 radical (unpaired) electrons. The molecule has 0 aliphatic heterocycles. The van der Waals surface area contributed by atoms with E-state index in [0.717, 1.165) is 16.8 Å². The number of carbonyl (C=O) groups is 1. The highest BCUT2D eigenvalue weighted by Crippen LogP contribution is 2.27. The van der Waals surface area contributed by atoms with Crippen LogP contribution < -0.4 is 5.32 Å². The van der Waals surface area contributed by atoms with E-state index in [-0.39, 0.29) is 11.9 Å². The van der Waals surface area contributed by atoms with Gasteiger partial charge in [-0.1, -0.05) is 59.2 Å². The summed E-state index contributed by atoms with van der Waals surface area (Å²) in [6.07, 6.45) is 0. The summed E-state index contributed by atoms with van der Waals surface area (Å²) < 4.78 is 5.59. The van der Waals surface area contributed by atoms with Crippen LogP contribution in [0.25, 0.3) is 11.4 Å². The zero-order valence-electron chi connectivity index (χ0n) is 18.5. The first-order chi connectivity index (χ1) is 16.0. The minimum absolute atomic E-state index is 0.0322. The van der Waals surface area contributed by atoms with Gasteiger partial charge in [0.25, 0.3) is 0 Å². The third kappa shape index (κ3) is 6.06. The molecule has 33 heavy (non-hydrogen) atoms. The second-order valence-electron chi connectivity index (χ2n) is 7.89. The van der Waals surface area contributed by atoms with Crippen molar-refractivity contribution < 1.29 is 9.32 Å². The van der Waals surface area contributed by atoms with Gasteiger partial charge in [0, 0.05) is 35.8 Å². The predicted molar refractivity (Wildman–Crippen MR) is 130 cm³/mol. The van der Waals surface area contributed by atoms with Gasteiger partial charge in [0.05, 0.1) is 6.54 Å². The molecule has 0 spiro atoms. The molecule has 1 atom stereocenters. The normalized spacial score (nSPS) is 12.0. The van der Waals surface area contributed by atoms with Gasteiger partial charge in [-0.05, 0) is 54.4 Å². The molecule has 168 valence electrons. The number of carbonyl (C=O) groups excluding carboxylic acids is 1. The first-order valence-electron chi connectivity index (χ1n) is 10.7. The van der Waals surface area contributed by atoms with Crippen molar-refractivity contribution in [2.24, 2.45) is 0 Å². The van der Waals surface area contributed by atoms with Crippen LogP contribution >= 0.6 is 11.6 Å². The van der Waals surface area contributed by atoms with E-state index < -0.39 is 0 Å². The maximum Gasteiger partial charge on any atom is 0.241 e. The number of aromatic nitrogens is 2. The molecule has 1 aromatic heterocycles. The number of anilines is 1. The van der Waals surface area contributed by atoms with Crippen LogP contribution in [0.15, 0.2) is 83.4 Å². The number of hydrogen-bond acceptors (Lipinski definition) is 5. The van der Waals surface area contributed by atoms with Gasteiger partial charge in [0.1, 0.15) is 0 Å². The zero-order chi connectivity index (χ0) is 23.2. The predicted octanol–water partition coefficient (Wildman–Crippen LogP) is 6.11. The molecule has 0 bridgehead atoms. The Labute approximate surface area is 198 Å². The maximum absolute atomic E-state index is 11.5. The summed E-state index contributed by atoms with van der Waals surface area (Å²) in [5.41, 5.74) is 3.88. The Morgan fingerprint density at radius 1 is 1.03 bits per heavy atom. The van der Waals surface area contributed by atoms with Gasteiger partial charge >= 0.3 is 0 Å². The summed E-state index contributed by atoms with van der Waals surface area (Å²) in [6, 6.07) is 25.5. The molecule has 0 saturated heterocycles. The molecule has 6 nitrogen and oxygen atoms in total. The van der Waals surface area contributed by atoms with Crippen molar-refractivity contribution in [1.82, 2.24) is 15.0 Å². The third-order valence-corrected chi connectivity index (χ3v) is 5.63. The van der Waals surface area contributed by atoms with E-state index in [9.17, 15) is 4.79 Å². The average Bonchev–Trinajstić information content (AvgIpc) is 3.27. The highest BCUT2D eigenvalue weighted by molar-refractivity contribution is 6.30. The maximum atomic E-state index is 11.5. The lowest BCUT2D eigenvalue weighted by Gasteiger charge is -2.28. The molecule has 0 unspecified atom stereocenters. The molecule has 4 rings (SSSR count). The molecule has 0 saturated carbocycles. The van der Waals surface area contributed by atoms with E-state index in [1.807, 2.05) is 48.5 Å². The van der Waals surface area contributed by atoms with Crippen molar-refractivity contribution >= 4 is 23.2 Å². The van der Waals surface area contributed by atoms with Crippen LogP contribution in [-0.4, -0.2) is 20.9 Å². The van der Waals surface area contributed by atoms with E-state index in [2.05, 4.69) is 45.5 Å². The second-order valence-corrected chi connectivity index (χ2v) is 8.33. The third-order valence-electron chi connectivity index (χ3n) is 5.37. The largest absolute Gasteiger partial charge is 0.338 e. The SMILES string of the molecule is CC(=O)Nc1cccc([C@@H](C)N(Cc2ccccc2)Cc2nc(-c3ccc(Cl)cc3)no2)c1. The van der Waals surface area contributed by atoms with E-state index >= 15 is 0 Å². The van der Waals surface area contributed by atoms with Gasteiger partial charge in [0.15, 0.2) is 0 Å². The van der Waals surface area contributed by atoms with E-state index in [1.165, 1.54) is 12.5 Å². The number of amides is 1. The van der Waals surface area contributed by atoms with Crippen molar-refractivity contribution in [1.29, 1.82) is 0 Å². The molecule has 4 aromatic rings. The summed E-state index contributed by atoms with van der Waals surface area (Å²) in [7, 11) is 0. The van der Waals surface area contributed by atoms with Gasteiger partial charge in [0.2, 0.25) is 17.6 Å². The molecule has 1 amide bonds. The summed E-state index contributed by atoms with van der Waals surface area (Å²) in [5.74, 6) is 0.962. The van der Waals surface area contributed by atoms with Crippen LogP contribution in [0.1, 0.15) is 36.9 Å². The topological polar surface area (TPSA) is 71.3 Å². The lowest BCUT2D eigenvalue weighted by Crippen LogP contribution is -2.26. The van der Waals surface area contributed by atoms with Crippen molar-refractivity contribution in [2.75, 3.05) is 5.32 Å². The highest BCUT2D eigenvalue weighted by Gasteiger charge is 2.20. The molecule has 3 aromatic carbocycles. The van der Waals surface area contributed by atoms with Crippen LogP contribution in [0.3, 0.4) is 0 Å². The lowest BCUT2D eigenvalue weighted by atomic mass is 10.0. The molecule has 0 fully saturated rings. The summed E-state index contributed by atoms with van der Waals surface area (Å²) in [4.78, 5) is 18.4. The summed E-state index contributed by atoms with van der Waals surface area (Å²) in [5, 5.41) is 7.67. The summed E-state index contributed by atoms with van der Waals surface area (Å²) >= 11 is 5.99. The summed E-state index contributed by atoms with van der Waals surface area (Å²) in [6.45, 7) is 4.81. The second kappa shape index (κ2) is 10.4. The van der Waals surface area contributed by atoms with Crippen LogP contribution in [-0.2, 0) is 17.9 Å². The van der Waals surface area contributed by atoms with E-state index in [1.54, 1.807) is 12.1 Å². The standard InChI is InChI=1S/C26H25ClN4O2/c1-18(22-9-6-10-24(15-22)28-19(2)32)31(16-20-7-4-3-5-8-20)17-25-29-26(30-33-25)21-11-13-23(27)14-12-21/h3-15,18H,16-17H2,1-2H3,(H,28,32)/t18-/m1/s1. The van der Waals surface area contributed by atoms with E-state index in [0.29, 0.717) is 29.8 Å². The van der Waals surface area contributed by atoms with Gasteiger partial charge in [-0.3, -0.25) is 9.69 Å². The first kappa shape index (κ1) is 22.7. The fourth-order valence-electron chi connectivity index (χ4n) is 3.65. The number of rotatable bonds is 8. The lowest BCUT2D eigenvalue weighted by molar-refractivity contribution is -0.114. The Bertz CT molecular complexity index is 1210. The zero-order valence-corrected chi connectivity index (χ0v) is 19.3. The number of benzene rings is 3. The van der Waals surface area contributed by atoms with Gasteiger partial charge in [-0.25, -0.2) is 0 Å². The molecular formula is C26H25ClN4O2. The Morgan fingerprint density at radius 2 is 1.79 bits per heavy atom. The number of nitrogens with one attached hydrogen (secondary N) is 1. The van der Waals surface area contributed by atoms with Gasteiger partial charge in [-0.2, -0.15) is 4.98 Å². The number of halogens is 1. The number of hydrogen-bond donors (Lipinski definition) is 1. The fraction of sp³-hybridized carbons (Fsp3) is 0.192. The van der Waals surface area contributed by atoms with Crippen LogP contribution in [0.5, 0.6) is 0 Å². The number of nitrogens with zero attached hydrogens (tertiary/aromatic N) is 3. The molecule has 0 aliphatic rings. The highest BCUT2D eigenvalue weighted by atomic mass is 35.5. The van der Waals surface area contributed by atoms with Crippen molar-refractivity contribution in [3.05, 3.63) is 101 Å². The minimum Gasteiger partial charge on any atom is -0.338 e. The Kier molecular flexibility index (Phi) is 7.17. The first-order valence-corrected chi connectivity index (χ1v) is 11.1. The van der Waals surface area contributed by atoms with Gasteiger partial charge in [-0.15, -0.1) is 0 Å². The molecule has 0 aliphatic carbocycles. The van der Waals surface area contributed by atoms with Crippen LogP contribution in [0.2, 0.25) is 5.02 Å². The van der Waals surface area contributed by atoms with Crippen LogP contribution in [0.4, 0.5) is 5.69 Å². The molecule has 1 N–H and O–H groups in total. The Hall–Kier alpha value is -3.48. The van der Waals surface area contributed by atoms with Crippen molar-refractivity contribution in [2.45, 2.75) is 33.0 Å². The smallest absolute Gasteiger partial charge is 0.241 e. The van der Waals surface area contributed by atoms with Crippen molar-refractivity contribution in [3.8, 4) is 11.4 Å². The Morgan fingerprint density at radius 3 is 2.52 bits per heavy atom. The Balaban J connectivity index is 1.59. The van der Waals surface area contributed by atoms with Crippen LogP contribution in [0, 0.1) is 0 Å². The van der Waals surface area contributed by atoms with Crippen molar-refractivity contribution in [3.63, 3.8) is 0 Å². The quantitative estimate of drug-likeness (QED) is 0.343. The van der Waals surface area contributed by atoms with Gasteiger partial charge < -0.3 is 9.84 Å². The molecule has 1 heterocycles. The monoisotopic (exact) mass is 460 g/mol. The molecule has 7 heteroatoms. The molecular weight excluding hydrogens is 436 g/mol. The fourth-order valence-corrected chi connectivity index (χ4v) is 3.77. The van der Waals surface area contributed by atoms with E-state index in [4.69, 9.17) is 16.1 Å². The average molecular weight is 461 g/mol. The minimum atomic E-state index is -0.0958.